The molecule has 0 heterocycles. The van der Waals surface area contributed by atoms with Crippen molar-refractivity contribution in [1.29, 1.82) is 0 Å². The molecule has 0 spiro atoms. The van der Waals surface area contributed by atoms with E-state index in [9.17, 15) is 64.2 Å². The van der Waals surface area contributed by atoms with Crippen LogP contribution in [0.25, 0.3) is 0 Å². The van der Waals surface area contributed by atoms with E-state index in [2.05, 4.69) is 6.92 Å². The lowest BCUT2D eigenvalue weighted by Gasteiger charge is -2.15. The van der Waals surface area contributed by atoms with Gasteiger partial charge in [0, 0.05) is 83.5 Å². The van der Waals surface area contributed by atoms with E-state index in [1.807, 2.05) is 0 Å². The summed E-state index contributed by atoms with van der Waals surface area (Å²) < 4.78 is 0. The first-order valence-corrected chi connectivity index (χ1v) is 20.2. The quantitative estimate of drug-likeness (QED) is 0.0480. The van der Waals surface area contributed by atoms with E-state index in [0.717, 1.165) is 19.3 Å². The fourth-order valence-electron chi connectivity index (χ4n) is 6.37. The zero-order valence-electron chi connectivity index (χ0n) is 32.9. The second-order valence-electron chi connectivity index (χ2n) is 15.2. The molecule has 0 radical (unpaired) electrons. The lowest BCUT2D eigenvalue weighted by Crippen LogP contribution is -2.21. The highest BCUT2D eigenvalue weighted by Gasteiger charge is 2.20. The number of aliphatic hydroxyl groups is 6. The van der Waals surface area contributed by atoms with Crippen molar-refractivity contribution in [1.82, 2.24) is 0 Å². The molecule has 0 rings (SSSR count). The molecule has 13 nitrogen and oxygen atoms in total. The summed E-state index contributed by atoms with van der Waals surface area (Å²) in [6.45, 7) is 3.50. The van der Waals surface area contributed by atoms with Gasteiger partial charge in [-0.25, -0.2) is 0 Å². The Kier molecular flexibility index (Phi) is 30.1. The molecule has 0 amide bonds. The number of ketones is 7. The summed E-state index contributed by atoms with van der Waals surface area (Å²) in [5, 5.41) is 60.6. The molecule has 0 aliphatic heterocycles. The molecule has 0 aliphatic rings. The van der Waals surface area contributed by atoms with E-state index in [4.69, 9.17) is 0 Å². The molecule has 6 unspecified atom stereocenters. The minimum atomic E-state index is -1.10. The van der Waals surface area contributed by atoms with Gasteiger partial charge < -0.3 is 35.4 Å². The predicted molar refractivity (Wildman–Crippen MR) is 202 cm³/mol. The molecular formula is C41H70O13. The van der Waals surface area contributed by atoms with Gasteiger partial charge in [0.25, 0.3) is 0 Å². The Bertz CT molecular complexity index is 1120. The second kappa shape index (κ2) is 31.6. The highest BCUT2D eigenvalue weighted by molar-refractivity contribution is 5.84. The third-order valence-electron chi connectivity index (χ3n) is 9.31. The summed E-state index contributed by atoms with van der Waals surface area (Å²) in [4.78, 5) is 83.7. The number of Topliss-reactive ketones (excluding diaryl/α,β-unsaturated/α-hetero) is 7. The van der Waals surface area contributed by atoms with Crippen LogP contribution in [-0.2, 0) is 33.6 Å². The maximum absolute atomic E-state index is 12.3. The largest absolute Gasteiger partial charge is 0.393 e. The lowest BCUT2D eigenvalue weighted by atomic mass is 9.97. The van der Waals surface area contributed by atoms with Gasteiger partial charge in [0.05, 0.1) is 36.6 Å². The number of rotatable bonds is 38. The topological polar surface area (TPSA) is 241 Å². The molecule has 0 bridgehead atoms. The highest BCUT2D eigenvalue weighted by Crippen LogP contribution is 2.16. The van der Waals surface area contributed by atoms with Crippen molar-refractivity contribution >= 4 is 40.5 Å². The fourth-order valence-corrected chi connectivity index (χ4v) is 6.37. The number of carbonyl (C=O) groups excluding carboxylic acids is 7. The average Bonchev–Trinajstić information content (AvgIpc) is 3.03. The zero-order valence-corrected chi connectivity index (χ0v) is 32.9. The molecule has 0 aromatic rings. The highest BCUT2D eigenvalue weighted by atomic mass is 16.3. The van der Waals surface area contributed by atoms with Crippen LogP contribution in [0.4, 0.5) is 0 Å². The number of hydrogen-bond acceptors (Lipinski definition) is 13. The first kappa shape index (κ1) is 51.5. The van der Waals surface area contributed by atoms with Crippen molar-refractivity contribution in [3.05, 3.63) is 0 Å². The van der Waals surface area contributed by atoms with E-state index in [1.165, 1.54) is 6.92 Å². The van der Waals surface area contributed by atoms with Crippen molar-refractivity contribution in [2.75, 3.05) is 0 Å². The lowest BCUT2D eigenvalue weighted by molar-refractivity contribution is -0.126. The van der Waals surface area contributed by atoms with Crippen LogP contribution in [0, 0.1) is 0 Å². The molecule has 54 heavy (non-hydrogen) atoms. The SMILES string of the molecule is CCCCCC(O)CC(O)CC(=O)CCCC(=O)CC(O)CC(=O)CCCCCC(O)CC(O)CC(=O)CCCC(=O)CC(O)CC(=O)CCCC(C)=O. The second-order valence-corrected chi connectivity index (χ2v) is 15.2. The van der Waals surface area contributed by atoms with Crippen LogP contribution in [-0.4, -0.2) is 108 Å². The molecule has 6 atom stereocenters. The van der Waals surface area contributed by atoms with Gasteiger partial charge in [-0.1, -0.05) is 39.0 Å². The van der Waals surface area contributed by atoms with Gasteiger partial charge in [0.15, 0.2) is 0 Å². The van der Waals surface area contributed by atoms with Crippen molar-refractivity contribution in [2.45, 2.75) is 217 Å². The van der Waals surface area contributed by atoms with Crippen molar-refractivity contribution in [2.24, 2.45) is 0 Å². The van der Waals surface area contributed by atoms with Crippen LogP contribution < -0.4 is 0 Å². The third kappa shape index (κ3) is 31.8. The van der Waals surface area contributed by atoms with Crippen LogP contribution in [0.2, 0.25) is 0 Å². The first-order chi connectivity index (χ1) is 25.5. The van der Waals surface area contributed by atoms with E-state index in [1.54, 1.807) is 0 Å². The maximum atomic E-state index is 12.3. The minimum absolute atomic E-state index is 0.00982. The molecule has 312 valence electrons. The normalized spacial score (nSPS) is 14.8. The zero-order chi connectivity index (χ0) is 40.9. The van der Waals surface area contributed by atoms with Crippen molar-refractivity contribution in [3.8, 4) is 0 Å². The Morgan fingerprint density at radius 1 is 0.352 bits per heavy atom. The Balaban J connectivity index is 4.00. The molecular weight excluding hydrogens is 700 g/mol. The van der Waals surface area contributed by atoms with Crippen LogP contribution in [0.3, 0.4) is 0 Å². The minimum Gasteiger partial charge on any atom is -0.393 e. The third-order valence-corrected chi connectivity index (χ3v) is 9.31. The number of unbranched alkanes of at least 4 members (excludes halogenated alkanes) is 4. The van der Waals surface area contributed by atoms with Crippen LogP contribution in [0.15, 0.2) is 0 Å². The van der Waals surface area contributed by atoms with Gasteiger partial charge in [0.1, 0.15) is 40.5 Å². The maximum Gasteiger partial charge on any atom is 0.135 e. The Hall–Kier alpha value is -2.55. The molecule has 0 fully saturated rings. The monoisotopic (exact) mass is 770 g/mol. The molecule has 0 aromatic heterocycles. The van der Waals surface area contributed by atoms with Crippen molar-refractivity contribution < 1.29 is 64.2 Å². The summed E-state index contributed by atoms with van der Waals surface area (Å²) in [5.41, 5.74) is 0. The molecule has 0 saturated carbocycles. The summed E-state index contributed by atoms with van der Waals surface area (Å²) in [6, 6.07) is 0. The van der Waals surface area contributed by atoms with Gasteiger partial charge in [0.2, 0.25) is 0 Å². The van der Waals surface area contributed by atoms with Gasteiger partial charge in [-0.15, -0.1) is 0 Å². The van der Waals surface area contributed by atoms with Crippen LogP contribution in [0.5, 0.6) is 0 Å². The van der Waals surface area contributed by atoms with Crippen LogP contribution >= 0.6 is 0 Å². The van der Waals surface area contributed by atoms with Gasteiger partial charge in [-0.3, -0.25) is 28.8 Å². The average molecular weight is 771 g/mol. The van der Waals surface area contributed by atoms with E-state index in [-0.39, 0.29) is 143 Å². The van der Waals surface area contributed by atoms with E-state index >= 15 is 0 Å². The number of aliphatic hydroxyl groups excluding tert-OH is 6. The molecule has 0 aromatic carbocycles. The van der Waals surface area contributed by atoms with Crippen LogP contribution in [0.1, 0.15) is 181 Å². The Labute approximate surface area is 321 Å². The first-order valence-electron chi connectivity index (χ1n) is 20.2. The summed E-state index contributed by atoms with van der Waals surface area (Å²) in [5.74, 6) is -1.37. The Morgan fingerprint density at radius 3 is 0.981 bits per heavy atom. The summed E-state index contributed by atoms with van der Waals surface area (Å²) in [7, 11) is 0. The smallest absolute Gasteiger partial charge is 0.135 e. The molecule has 0 saturated heterocycles. The van der Waals surface area contributed by atoms with Gasteiger partial charge in [-0.2, -0.15) is 0 Å². The predicted octanol–water partition coefficient (Wildman–Crippen LogP) is 4.32. The standard InChI is InChI=1S/C41H70O13/c1-3-4-6-13-30(43)21-38(51)25-34(47)17-10-18-35(48)26-39(52)22-31(44)14-7-5-8-15-32(45)23-40(53)27-36(49)19-11-20-37(50)28-41(54)24-33(46)16-9-12-29(2)42/h30,32,38-41,43,45,51-54H,3-28H2,1-2H3. The summed E-state index contributed by atoms with van der Waals surface area (Å²) >= 11 is 0. The molecule has 0 aliphatic carbocycles. The summed E-state index contributed by atoms with van der Waals surface area (Å²) in [6.07, 6.45) is 1.19. The van der Waals surface area contributed by atoms with Gasteiger partial charge >= 0.3 is 0 Å². The Morgan fingerprint density at radius 2 is 0.648 bits per heavy atom. The molecule has 6 N–H and O–H groups in total. The van der Waals surface area contributed by atoms with Gasteiger partial charge in [-0.05, 0) is 58.3 Å². The van der Waals surface area contributed by atoms with E-state index in [0.29, 0.717) is 44.9 Å². The van der Waals surface area contributed by atoms with E-state index < -0.39 is 36.6 Å². The van der Waals surface area contributed by atoms with Crippen molar-refractivity contribution in [3.63, 3.8) is 0 Å². The number of hydrogen-bond donors (Lipinski definition) is 6. The fraction of sp³-hybridized carbons (Fsp3) is 0.829. The molecule has 13 heteroatoms. The number of carbonyl (C=O) groups is 7.